The van der Waals surface area contributed by atoms with Crippen LogP contribution in [-0.2, 0) is 13.2 Å². The molecule has 1 N–H and O–H groups in total. The van der Waals surface area contributed by atoms with E-state index in [0.29, 0.717) is 13.2 Å². The molecule has 0 aliphatic heterocycles. The molecular weight excluding hydrogens is 268 g/mol. The lowest BCUT2D eigenvalue weighted by molar-refractivity contribution is 0.278. The van der Waals surface area contributed by atoms with Gasteiger partial charge in [0, 0.05) is 18.2 Å². The van der Waals surface area contributed by atoms with E-state index in [-0.39, 0.29) is 6.04 Å². The summed E-state index contributed by atoms with van der Waals surface area (Å²) in [7, 11) is 3.56. The predicted octanol–water partition coefficient (Wildman–Crippen LogP) is 2.17. The molecular formula is C15H22N4O2. The van der Waals surface area contributed by atoms with Gasteiger partial charge in [0.25, 0.3) is 0 Å². The van der Waals surface area contributed by atoms with Gasteiger partial charge in [-0.15, -0.1) is 0 Å². The first-order valence-electron chi connectivity index (χ1n) is 6.98. The molecule has 6 nitrogen and oxygen atoms in total. The van der Waals surface area contributed by atoms with Gasteiger partial charge in [-0.05, 0) is 39.1 Å². The van der Waals surface area contributed by atoms with Crippen LogP contribution in [0.25, 0.3) is 0 Å². The highest BCUT2D eigenvalue weighted by molar-refractivity contribution is 5.40. The maximum atomic E-state index is 5.91. The highest BCUT2D eigenvalue weighted by atomic mass is 16.5. The van der Waals surface area contributed by atoms with Crippen molar-refractivity contribution < 1.29 is 9.47 Å². The van der Waals surface area contributed by atoms with Crippen LogP contribution in [-0.4, -0.2) is 28.9 Å². The summed E-state index contributed by atoms with van der Waals surface area (Å²) in [5.74, 6) is 2.46. The third-order valence-corrected chi connectivity index (χ3v) is 3.13. The maximum absolute atomic E-state index is 5.91. The minimum Gasteiger partial charge on any atom is -0.497 e. The van der Waals surface area contributed by atoms with E-state index in [9.17, 15) is 0 Å². The van der Waals surface area contributed by atoms with Gasteiger partial charge in [0.2, 0.25) is 0 Å². The largest absolute Gasteiger partial charge is 0.497 e. The summed E-state index contributed by atoms with van der Waals surface area (Å²) in [6, 6.07) is 6.04. The predicted molar refractivity (Wildman–Crippen MR) is 80.5 cm³/mol. The molecule has 114 valence electrons. The van der Waals surface area contributed by atoms with E-state index in [4.69, 9.17) is 9.47 Å². The van der Waals surface area contributed by atoms with Gasteiger partial charge < -0.3 is 14.8 Å². The van der Waals surface area contributed by atoms with Crippen LogP contribution in [0.3, 0.4) is 0 Å². The average molecular weight is 290 g/mol. The molecule has 0 saturated heterocycles. The molecule has 21 heavy (non-hydrogen) atoms. The summed E-state index contributed by atoms with van der Waals surface area (Å²) in [4.78, 5) is 4.25. The molecule has 0 atom stereocenters. The Morgan fingerprint density at radius 1 is 1.33 bits per heavy atom. The number of hydrogen-bond acceptors (Lipinski definition) is 5. The fraction of sp³-hybridized carbons (Fsp3) is 0.467. The molecule has 0 aliphatic carbocycles. The zero-order chi connectivity index (χ0) is 15.2. The van der Waals surface area contributed by atoms with Crippen molar-refractivity contribution in [3.05, 3.63) is 35.9 Å². The quantitative estimate of drug-likeness (QED) is 0.846. The fourth-order valence-corrected chi connectivity index (χ4v) is 2.10. The molecule has 0 fully saturated rings. The summed E-state index contributed by atoms with van der Waals surface area (Å²) in [6.07, 6.45) is 1.56. The number of rotatable bonds is 7. The van der Waals surface area contributed by atoms with Crippen molar-refractivity contribution in [3.63, 3.8) is 0 Å². The van der Waals surface area contributed by atoms with Gasteiger partial charge in [-0.3, -0.25) is 0 Å². The molecule has 0 spiro atoms. The summed E-state index contributed by atoms with van der Waals surface area (Å²) in [5, 5.41) is 7.34. The van der Waals surface area contributed by atoms with Crippen LogP contribution in [0.1, 0.15) is 31.3 Å². The van der Waals surface area contributed by atoms with Crippen LogP contribution in [0.5, 0.6) is 11.5 Å². The molecule has 1 heterocycles. The van der Waals surface area contributed by atoms with Crippen LogP contribution in [0, 0.1) is 0 Å². The Balaban J connectivity index is 2.13. The standard InChI is InChI=1S/C15H22N4O2/c1-11(2)19-15(17-10-18-19)9-21-14-6-5-13(20-4)7-12(14)8-16-3/h5-7,10-11,16H,8-9H2,1-4H3. The normalized spacial score (nSPS) is 10.9. The van der Waals surface area contributed by atoms with E-state index in [1.165, 1.54) is 0 Å². The molecule has 0 bridgehead atoms. The highest BCUT2D eigenvalue weighted by Crippen LogP contribution is 2.25. The molecule has 0 unspecified atom stereocenters. The van der Waals surface area contributed by atoms with E-state index in [1.807, 2.05) is 29.9 Å². The molecule has 0 saturated carbocycles. The van der Waals surface area contributed by atoms with Crippen molar-refractivity contribution >= 4 is 0 Å². The first-order valence-corrected chi connectivity index (χ1v) is 6.98. The maximum Gasteiger partial charge on any atom is 0.165 e. The molecule has 2 aromatic rings. The summed E-state index contributed by atoms with van der Waals surface area (Å²) < 4.78 is 13.0. The second-order valence-electron chi connectivity index (χ2n) is 5.01. The van der Waals surface area contributed by atoms with Crippen LogP contribution >= 0.6 is 0 Å². The van der Waals surface area contributed by atoms with Crippen molar-refractivity contribution in [1.29, 1.82) is 0 Å². The van der Waals surface area contributed by atoms with Gasteiger partial charge in [-0.1, -0.05) is 0 Å². The molecule has 0 radical (unpaired) electrons. The molecule has 0 aliphatic rings. The molecule has 6 heteroatoms. The lowest BCUT2D eigenvalue weighted by atomic mass is 10.2. The van der Waals surface area contributed by atoms with Gasteiger partial charge in [-0.2, -0.15) is 5.10 Å². The van der Waals surface area contributed by atoms with Gasteiger partial charge in [0.15, 0.2) is 5.82 Å². The van der Waals surface area contributed by atoms with E-state index in [0.717, 1.165) is 22.9 Å². The second kappa shape index (κ2) is 7.08. The van der Waals surface area contributed by atoms with Crippen molar-refractivity contribution in [2.24, 2.45) is 0 Å². The topological polar surface area (TPSA) is 61.2 Å². The number of hydrogen-bond donors (Lipinski definition) is 1. The van der Waals surface area contributed by atoms with Crippen molar-refractivity contribution in [1.82, 2.24) is 20.1 Å². The van der Waals surface area contributed by atoms with Crippen molar-refractivity contribution in [2.75, 3.05) is 14.2 Å². The minimum atomic E-state index is 0.263. The Morgan fingerprint density at radius 3 is 2.81 bits per heavy atom. The number of methoxy groups -OCH3 is 1. The number of nitrogens with one attached hydrogen (secondary N) is 1. The van der Waals surface area contributed by atoms with E-state index < -0.39 is 0 Å². The zero-order valence-electron chi connectivity index (χ0n) is 13.0. The monoisotopic (exact) mass is 290 g/mol. The first-order chi connectivity index (χ1) is 10.2. The molecule has 2 rings (SSSR count). The first kappa shape index (κ1) is 15.3. The van der Waals surface area contributed by atoms with E-state index in [1.54, 1.807) is 13.4 Å². The average Bonchev–Trinajstić information content (AvgIpc) is 2.95. The second-order valence-corrected chi connectivity index (χ2v) is 5.01. The molecule has 1 aromatic carbocycles. The summed E-state index contributed by atoms with van der Waals surface area (Å²) in [6.45, 7) is 5.24. The van der Waals surface area contributed by atoms with Crippen LogP contribution in [0.4, 0.5) is 0 Å². The van der Waals surface area contributed by atoms with Crippen LogP contribution in [0.2, 0.25) is 0 Å². The lowest BCUT2D eigenvalue weighted by Crippen LogP contribution is -2.12. The van der Waals surface area contributed by atoms with Crippen LogP contribution < -0.4 is 14.8 Å². The summed E-state index contributed by atoms with van der Waals surface area (Å²) in [5.41, 5.74) is 1.05. The van der Waals surface area contributed by atoms with Crippen molar-refractivity contribution in [2.45, 2.75) is 33.0 Å². The smallest absolute Gasteiger partial charge is 0.165 e. The van der Waals surface area contributed by atoms with E-state index >= 15 is 0 Å². The Morgan fingerprint density at radius 2 is 2.14 bits per heavy atom. The zero-order valence-corrected chi connectivity index (χ0v) is 13.0. The van der Waals surface area contributed by atoms with Gasteiger partial charge in [0.1, 0.15) is 24.4 Å². The van der Waals surface area contributed by atoms with Crippen LogP contribution in [0.15, 0.2) is 24.5 Å². The van der Waals surface area contributed by atoms with Gasteiger partial charge >= 0.3 is 0 Å². The third kappa shape index (κ3) is 3.72. The number of nitrogens with zero attached hydrogens (tertiary/aromatic N) is 3. The van der Waals surface area contributed by atoms with Crippen molar-refractivity contribution in [3.8, 4) is 11.5 Å². The molecule has 0 amide bonds. The molecule has 1 aromatic heterocycles. The Kier molecular flexibility index (Phi) is 5.16. The SMILES string of the molecule is CNCc1cc(OC)ccc1OCc1ncnn1C(C)C. The number of ether oxygens (including phenoxy) is 2. The van der Waals surface area contributed by atoms with Gasteiger partial charge in [-0.25, -0.2) is 9.67 Å². The Labute approximate surface area is 125 Å². The highest BCUT2D eigenvalue weighted by Gasteiger charge is 2.10. The Bertz CT molecular complexity index is 581. The minimum absolute atomic E-state index is 0.263. The number of benzene rings is 1. The summed E-state index contributed by atoms with van der Waals surface area (Å²) >= 11 is 0. The lowest BCUT2D eigenvalue weighted by Gasteiger charge is -2.14. The fourth-order valence-electron chi connectivity index (χ4n) is 2.10. The number of aromatic nitrogens is 3. The van der Waals surface area contributed by atoms with Gasteiger partial charge in [0.05, 0.1) is 7.11 Å². The van der Waals surface area contributed by atoms with E-state index in [2.05, 4.69) is 29.2 Å². The Hall–Kier alpha value is -2.08. The third-order valence-electron chi connectivity index (χ3n) is 3.13.